The second-order valence-electron chi connectivity index (χ2n) is 8.37. The lowest BCUT2D eigenvalue weighted by Gasteiger charge is -2.37. The van der Waals surface area contributed by atoms with E-state index in [1.807, 2.05) is 34.1 Å². The molecule has 2 aliphatic rings. The van der Waals surface area contributed by atoms with Gasteiger partial charge in [0.15, 0.2) is 0 Å². The molecule has 33 heavy (non-hydrogen) atoms. The molecule has 8 nitrogen and oxygen atoms in total. The van der Waals surface area contributed by atoms with Gasteiger partial charge in [0.25, 0.3) is 0 Å². The number of hydrogen-bond acceptors (Lipinski definition) is 6. The SMILES string of the molecule is N#Cc1ccccc1N1CCN(C(=O)CN2CC[C@@H](C(=O)Nc3ccc(O)c(Cl)c3)C2)CC1. The van der Waals surface area contributed by atoms with Gasteiger partial charge in [0.1, 0.15) is 11.8 Å². The van der Waals surface area contributed by atoms with E-state index in [0.29, 0.717) is 63.5 Å². The molecular formula is C24H26ClN5O3. The summed E-state index contributed by atoms with van der Waals surface area (Å²) in [4.78, 5) is 31.5. The number of benzene rings is 2. The molecule has 0 bridgehead atoms. The minimum atomic E-state index is -0.204. The summed E-state index contributed by atoms with van der Waals surface area (Å²) in [5.74, 6) is -0.286. The normalized spacial score (nSPS) is 18.7. The molecule has 9 heteroatoms. The van der Waals surface area contributed by atoms with E-state index >= 15 is 0 Å². The lowest BCUT2D eigenvalue weighted by Crippen LogP contribution is -2.51. The van der Waals surface area contributed by atoms with E-state index in [2.05, 4.69) is 16.3 Å². The molecule has 4 rings (SSSR count). The zero-order chi connectivity index (χ0) is 23.4. The maximum atomic E-state index is 12.8. The van der Waals surface area contributed by atoms with Crippen LogP contribution < -0.4 is 10.2 Å². The predicted octanol–water partition coefficient (Wildman–Crippen LogP) is 2.53. The Bertz CT molecular complexity index is 1080. The highest BCUT2D eigenvalue weighted by atomic mass is 35.5. The first-order valence-corrected chi connectivity index (χ1v) is 11.4. The molecule has 0 radical (unpaired) electrons. The number of likely N-dealkylation sites (tertiary alicyclic amines) is 1. The van der Waals surface area contributed by atoms with Gasteiger partial charge in [-0.15, -0.1) is 0 Å². The van der Waals surface area contributed by atoms with E-state index in [1.54, 1.807) is 6.07 Å². The molecular weight excluding hydrogens is 442 g/mol. The van der Waals surface area contributed by atoms with Gasteiger partial charge in [0, 0.05) is 38.4 Å². The Kier molecular flexibility index (Phi) is 7.02. The van der Waals surface area contributed by atoms with Gasteiger partial charge in [-0.3, -0.25) is 14.5 Å². The van der Waals surface area contributed by atoms with Gasteiger partial charge in [-0.25, -0.2) is 0 Å². The first-order chi connectivity index (χ1) is 15.9. The molecule has 0 spiro atoms. The van der Waals surface area contributed by atoms with Crippen LogP contribution in [0.2, 0.25) is 5.02 Å². The maximum Gasteiger partial charge on any atom is 0.236 e. The number of nitrogens with one attached hydrogen (secondary N) is 1. The monoisotopic (exact) mass is 467 g/mol. The number of phenols is 1. The number of nitriles is 1. The summed E-state index contributed by atoms with van der Waals surface area (Å²) in [5.41, 5.74) is 2.09. The number of carbonyl (C=O) groups is 2. The Hall–Kier alpha value is -3.28. The fraction of sp³-hybridized carbons (Fsp3) is 0.375. The van der Waals surface area contributed by atoms with Crippen LogP contribution in [0.25, 0.3) is 0 Å². The zero-order valence-corrected chi connectivity index (χ0v) is 19.0. The third kappa shape index (κ3) is 5.38. The van der Waals surface area contributed by atoms with Gasteiger partial charge < -0.3 is 20.2 Å². The fourth-order valence-corrected chi connectivity index (χ4v) is 4.53. The van der Waals surface area contributed by atoms with Crippen molar-refractivity contribution in [3.8, 4) is 11.8 Å². The number of halogens is 1. The Labute approximate surface area is 197 Å². The number of anilines is 2. The second kappa shape index (κ2) is 10.1. The van der Waals surface area contributed by atoms with Crippen molar-refractivity contribution in [3.05, 3.63) is 53.1 Å². The van der Waals surface area contributed by atoms with Crippen LogP contribution in [0.5, 0.6) is 5.75 Å². The molecule has 2 aliphatic heterocycles. The molecule has 2 heterocycles. The number of phenolic OH excluding ortho intramolecular Hbond substituents is 1. The Balaban J connectivity index is 1.25. The molecule has 2 aromatic carbocycles. The Morgan fingerprint density at radius 2 is 1.88 bits per heavy atom. The quantitative estimate of drug-likeness (QED) is 0.655. The minimum absolute atomic E-state index is 0.0321. The summed E-state index contributed by atoms with van der Waals surface area (Å²) >= 11 is 5.90. The van der Waals surface area contributed by atoms with Crippen LogP contribution in [-0.2, 0) is 9.59 Å². The number of nitrogens with zero attached hydrogens (tertiary/aromatic N) is 4. The number of para-hydroxylation sites is 1. The standard InChI is InChI=1S/C24H26ClN5O3/c25-20-13-19(5-6-22(20)31)27-24(33)18-7-8-28(15-18)16-23(32)30-11-9-29(10-12-30)21-4-2-1-3-17(21)14-26/h1-6,13,18,31H,7-12,15-16H2,(H,27,33)/t18-/m1/s1. The smallest absolute Gasteiger partial charge is 0.236 e. The molecule has 0 saturated carbocycles. The van der Waals surface area contributed by atoms with Crippen LogP contribution in [0.3, 0.4) is 0 Å². The number of aromatic hydroxyl groups is 1. The van der Waals surface area contributed by atoms with Crippen molar-refractivity contribution in [1.29, 1.82) is 5.26 Å². The van der Waals surface area contributed by atoms with Crippen molar-refractivity contribution in [2.24, 2.45) is 5.92 Å². The van der Waals surface area contributed by atoms with Gasteiger partial charge in [-0.05, 0) is 43.3 Å². The molecule has 2 fully saturated rings. The van der Waals surface area contributed by atoms with Crippen LogP contribution in [-0.4, -0.2) is 72.5 Å². The predicted molar refractivity (Wildman–Crippen MR) is 126 cm³/mol. The zero-order valence-electron chi connectivity index (χ0n) is 18.2. The number of rotatable bonds is 5. The number of piperazine rings is 1. The molecule has 2 aromatic rings. The molecule has 0 unspecified atom stereocenters. The van der Waals surface area contributed by atoms with Gasteiger partial charge in [0.05, 0.1) is 28.7 Å². The van der Waals surface area contributed by atoms with Crippen molar-refractivity contribution in [3.63, 3.8) is 0 Å². The van der Waals surface area contributed by atoms with Gasteiger partial charge in [-0.2, -0.15) is 5.26 Å². The summed E-state index contributed by atoms with van der Waals surface area (Å²) in [5, 5.41) is 21.8. The van der Waals surface area contributed by atoms with E-state index in [0.717, 1.165) is 5.69 Å². The molecule has 1 atom stereocenters. The number of carbonyl (C=O) groups excluding carboxylic acids is 2. The lowest BCUT2D eigenvalue weighted by molar-refractivity contribution is -0.132. The molecule has 0 aromatic heterocycles. The van der Waals surface area contributed by atoms with Crippen LogP contribution >= 0.6 is 11.6 Å². The lowest BCUT2D eigenvalue weighted by atomic mass is 10.1. The highest BCUT2D eigenvalue weighted by Gasteiger charge is 2.31. The third-order valence-corrected chi connectivity index (χ3v) is 6.52. The molecule has 0 aliphatic carbocycles. The first kappa shape index (κ1) is 22.9. The van der Waals surface area contributed by atoms with E-state index in [1.165, 1.54) is 12.1 Å². The average molecular weight is 468 g/mol. The van der Waals surface area contributed by atoms with Crippen molar-refractivity contribution in [1.82, 2.24) is 9.80 Å². The Morgan fingerprint density at radius 3 is 2.61 bits per heavy atom. The van der Waals surface area contributed by atoms with E-state index in [-0.39, 0.29) is 28.5 Å². The fourth-order valence-electron chi connectivity index (χ4n) is 4.35. The van der Waals surface area contributed by atoms with E-state index < -0.39 is 0 Å². The van der Waals surface area contributed by atoms with Crippen LogP contribution in [0.1, 0.15) is 12.0 Å². The molecule has 172 valence electrons. The third-order valence-electron chi connectivity index (χ3n) is 6.21. The summed E-state index contributed by atoms with van der Waals surface area (Å²) in [6.07, 6.45) is 0.684. The Morgan fingerprint density at radius 1 is 1.12 bits per heavy atom. The van der Waals surface area contributed by atoms with Gasteiger partial charge in [0.2, 0.25) is 11.8 Å². The summed E-state index contributed by atoms with van der Waals surface area (Å²) in [6.45, 7) is 4.10. The highest BCUT2D eigenvalue weighted by molar-refractivity contribution is 6.32. The summed E-state index contributed by atoms with van der Waals surface area (Å²) < 4.78 is 0. The largest absolute Gasteiger partial charge is 0.506 e. The molecule has 2 amide bonds. The van der Waals surface area contributed by atoms with E-state index in [4.69, 9.17) is 11.6 Å². The maximum absolute atomic E-state index is 12.8. The molecule has 2 N–H and O–H groups in total. The first-order valence-electron chi connectivity index (χ1n) is 11.0. The van der Waals surface area contributed by atoms with Gasteiger partial charge >= 0.3 is 0 Å². The molecule has 2 saturated heterocycles. The average Bonchev–Trinajstić information content (AvgIpc) is 3.30. The number of amides is 2. The topological polar surface area (TPSA) is 99.9 Å². The summed E-state index contributed by atoms with van der Waals surface area (Å²) in [7, 11) is 0. The van der Waals surface area contributed by atoms with Crippen molar-refractivity contribution >= 4 is 34.8 Å². The van der Waals surface area contributed by atoms with Crippen molar-refractivity contribution in [2.75, 3.05) is 56.0 Å². The van der Waals surface area contributed by atoms with Crippen molar-refractivity contribution in [2.45, 2.75) is 6.42 Å². The van der Waals surface area contributed by atoms with Crippen LogP contribution in [0.15, 0.2) is 42.5 Å². The number of hydrogen-bond donors (Lipinski definition) is 2. The van der Waals surface area contributed by atoms with Crippen molar-refractivity contribution < 1.29 is 14.7 Å². The van der Waals surface area contributed by atoms with Gasteiger partial charge in [-0.1, -0.05) is 23.7 Å². The highest BCUT2D eigenvalue weighted by Crippen LogP contribution is 2.27. The van der Waals surface area contributed by atoms with Crippen LogP contribution in [0, 0.1) is 17.2 Å². The van der Waals surface area contributed by atoms with E-state index in [9.17, 15) is 20.0 Å². The second-order valence-corrected chi connectivity index (χ2v) is 8.78. The summed E-state index contributed by atoms with van der Waals surface area (Å²) in [6, 6.07) is 14.3. The minimum Gasteiger partial charge on any atom is -0.506 e. The van der Waals surface area contributed by atoms with Crippen LogP contribution in [0.4, 0.5) is 11.4 Å².